The summed E-state index contributed by atoms with van der Waals surface area (Å²) >= 11 is 0. The molecule has 0 radical (unpaired) electrons. The molecule has 8 heteroatoms. The number of hydrogen-bond donors (Lipinski definition) is 2. The number of aliphatic hydroxyl groups is 1. The van der Waals surface area contributed by atoms with E-state index in [-0.39, 0.29) is 24.8 Å². The van der Waals surface area contributed by atoms with Crippen molar-refractivity contribution in [3.05, 3.63) is 35.5 Å². The van der Waals surface area contributed by atoms with E-state index in [1.165, 1.54) is 6.08 Å². The topological polar surface area (TPSA) is 93.2 Å². The van der Waals surface area contributed by atoms with Crippen LogP contribution in [-0.2, 0) is 14.4 Å². The molecule has 0 unspecified atom stereocenters. The van der Waals surface area contributed by atoms with Gasteiger partial charge in [0.05, 0.1) is 13.2 Å². The van der Waals surface area contributed by atoms with Crippen molar-refractivity contribution in [3.8, 4) is 0 Å². The molecule has 1 aromatic rings. The van der Waals surface area contributed by atoms with Crippen LogP contribution in [0.3, 0.4) is 0 Å². The SMILES string of the molecule is CC(=O)N1CCN(c2ccc(NC3=CC(=O)N(CCO)C3=O)cc2C)CC1. The summed E-state index contributed by atoms with van der Waals surface area (Å²) in [5.41, 5.74) is 3.06. The lowest BCUT2D eigenvalue weighted by molar-refractivity contribution is -0.137. The average Bonchev–Trinajstić information content (AvgIpc) is 2.90. The highest BCUT2D eigenvalue weighted by Crippen LogP contribution is 2.26. The van der Waals surface area contributed by atoms with Gasteiger partial charge >= 0.3 is 0 Å². The van der Waals surface area contributed by atoms with Gasteiger partial charge in [-0.25, -0.2) is 0 Å². The molecule has 0 bridgehead atoms. The molecule has 1 saturated heterocycles. The van der Waals surface area contributed by atoms with Crippen LogP contribution in [0.15, 0.2) is 30.0 Å². The molecule has 0 spiro atoms. The van der Waals surface area contributed by atoms with Gasteiger partial charge in [-0.1, -0.05) is 0 Å². The van der Waals surface area contributed by atoms with Gasteiger partial charge in [-0.05, 0) is 30.7 Å². The maximum absolute atomic E-state index is 12.2. The van der Waals surface area contributed by atoms with Crippen LogP contribution in [0.2, 0.25) is 0 Å². The molecule has 0 atom stereocenters. The largest absolute Gasteiger partial charge is 0.395 e. The van der Waals surface area contributed by atoms with Crippen molar-refractivity contribution in [1.29, 1.82) is 0 Å². The number of carbonyl (C=O) groups excluding carboxylic acids is 3. The molecule has 2 aliphatic rings. The van der Waals surface area contributed by atoms with Crippen molar-refractivity contribution in [3.63, 3.8) is 0 Å². The second-order valence-electron chi connectivity index (χ2n) is 6.70. The van der Waals surface area contributed by atoms with E-state index in [0.29, 0.717) is 13.1 Å². The van der Waals surface area contributed by atoms with Gasteiger partial charge in [0.2, 0.25) is 5.91 Å². The zero-order valence-corrected chi connectivity index (χ0v) is 15.6. The Labute approximate surface area is 158 Å². The Morgan fingerprint density at radius 2 is 1.89 bits per heavy atom. The lowest BCUT2D eigenvalue weighted by Gasteiger charge is -2.36. The van der Waals surface area contributed by atoms with Crippen molar-refractivity contribution in [1.82, 2.24) is 9.80 Å². The summed E-state index contributed by atoms with van der Waals surface area (Å²) in [6.07, 6.45) is 1.25. The number of anilines is 2. The predicted molar refractivity (Wildman–Crippen MR) is 101 cm³/mol. The van der Waals surface area contributed by atoms with E-state index in [2.05, 4.69) is 10.2 Å². The van der Waals surface area contributed by atoms with Gasteiger partial charge in [0.15, 0.2) is 0 Å². The molecular formula is C19H24N4O4. The monoisotopic (exact) mass is 372 g/mol. The molecule has 3 amide bonds. The van der Waals surface area contributed by atoms with E-state index < -0.39 is 11.8 Å². The summed E-state index contributed by atoms with van der Waals surface area (Å²) in [5, 5.41) is 12.0. The van der Waals surface area contributed by atoms with E-state index >= 15 is 0 Å². The minimum atomic E-state index is -0.434. The van der Waals surface area contributed by atoms with Gasteiger partial charge in [-0.2, -0.15) is 0 Å². The first-order valence-corrected chi connectivity index (χ1v) is 8.97. The van der Waals surface area contributed by atoms with Gasteiger partial charge in [0.25, 0.3) is 11.8 Å². The number of nitrogens with one attached hydrogen (secondary N) is 1. The fraction of sp³-hybridized carbons (Fsp3) is 0.421. The number of carbonyl (C=O) groups is 3. The van der Waals surface area contributed by atoms with Crippen LogP contribution in [0.1, 0.15) is 12.5 Å². The van der Waals surface area contributed by atoms with Gasteiger partial charge in [-0.15, -0.1) is 0 Å². The lowest BCUT2D eigenvalue weighted by Crippen LogP contribution is -2.48. The molecule has 1 aromatic carbocycles. The fourth-order valence-corrected chi connectivity index (χ4v) is 3.42. The number of imide groups is 1. The Bertz CT molecular complexity index is 797. The van der Waals surface area contributed by atoms with Gasteiger partial charge in [0, 0.05) is 50.6 Å². The Morgan fingerprint density at radius 3 is 2.48 bits per heavy atom. The maximum Gasteiger partial charge on any atom is 0.277 e. The van der Waals surface area contributed by atoms with Gasteiger partial charge in [-0.3, -0.25) is 19.3 Å². The second-order valence-corrected chi connectivity index (χ2v) is 6.70. The Kier molecular flexibility index (Phi) is 5.46. The first kappa shape index (κ1) is 18.9. The molecule has 0 aliphatic carbocycles. The fourth-order valence-electron chi connectivity index (χ4n) is 3.42. The highest BCUT2D eigenvalue weighted by Gasteiger charge is 2.30. The number of hydrogen-bond acceptors (Lipinski definition) is 6. The van der Waals surface area contributed by atoms with Crippen LogP contribution in [-0.4, -0.2) is 72.0 Å². The van der Waals surface area contributed by atoms with Crippen molar-refractivity contribution < 1.29 is 19.5 Å². The number of rotatable bonds is 5. The second kappa shape index (κ2) is 7.79. The lowest BCUT2D eigenvalue weighted by atomic mass is 10.1. The highest BCUT2D eigenvalue weighted by molar-refractivity contribution is 6.17. The molecule has 2 N–H and O–H groups in total. The average molecular weight is 372 g/mol. The first-order valence-electron chi connectivity index (χ1n) is 8.97. The summed E-state index contributed by atoms with van der Waals surface area (Å²) in [7, 11) is 0. The van der Waals surface area contributed by atoms with E-state index in [4.69, 9.17) is 5.11 Å². The Hall–Kier alpha value is -2.87. The maximum atomic E-state index is 12.2. The molecular weight excluding hydrogens is 348 g/mol. The number of β-amino-alcohol motifs (C(OH)–C–C–N with tert-alkyl or cyclic N) is 1. The van der Waals surface area contributed by atoms with Crippen LogP contribution < -0.4 is 10.2 Å². The number of nitrogens with zero attached hydrogens (tertiary/aromatic N) is 3. The van der Waals surface area contributed by atoms with Crippen LogP contribution in [0.4, 0.5) is 11.4 Å². The third-order valence-corrected chi connectivity index (χ3v) is 4.87. The Morgan fingerprint density at radius 1 is 1.19 bits per heavy atom. The zero-order chi connectivity index (χ0) is 19.6. The molecule has 2 aliphatic heterocycles. The van der Waals surface area contributed by atoms with Gasteiger partial charge < -0.3 is 20.2 Å². The summed E-state index contributed by atoms with van der Waals surface area (Å²) < 4.78 is 0. The summed E-state index contributed by atoms with van der Waals surface area (Å²) in [4.78, 5) is 40.6. The Balaban J connectivity index is 1.67. The highest BCUT2D eigenvalue weighted by atomic mass is 16.3. The molecule has 144 valence electrons. The molecule has 0 saturated carbocycles. The molecule has 2 heterocycles. The van der Waals surface area contributed by atoms with Crippen molar-refractivity contribution in [2.24, 2.45) is 0 Å². The summed E-state index contributed by atoms with van der Waals surface area (Å²) in [6.45, 7) is 6.28. The summed E-state index contributed by atoms with van der Waals surface area (Å²) in [6, 6.07) is 5.78. The summed E-state index contributed by atoms with van der Waals surface area (Å²) in [5.74, 6) is -0.755. The number of piperazine rings is 1. The number of aliphatic hydroxyl groups excluding tert-OH is 1. The molecule has 8 nitrogen and oxygen atoms in total. The number of aryl methyl sites for hydroxylation is 1. The molecule has 0 aromatic heterocycles. The van der Waals surface area contributed by atoms with Crippen LogP contribution >= 0.6 is 0 Å². The third kappa shape index (κ3) is 3.95. The van der Waals surface area contributed by atoms with Crippen molar-refractivity contribution in [2.75, 3.05) is 49.5 Å². The normalized spacial score (nSPS) is 17.4. The van der Waals surface area contributed by atoms with Crippen LogP contribution in [0.5, 0.6) is 0 Å². The van der Waals surface area contributed by atoms with E-state index in [0.717, 1.165) is 34.9 Å². The quantitative estimate of drug-likeness (QED) is 0.723. The zero-order valence-electron chi connectivity index (χ0n) is 15.6. The molecule has 1 fully saturated rings. The van der Waals surface area contributed by atoms with Crippen molar-refractivity contribution in [2.45, 2.75) is 13.8 Å². The van der Waals surface area contributed by atoms with E-state index in [9.17, 15) is 14.4 Å². The smallest absolute Gasteiger partial charge is 0.277 e. The van der Waals surface area contributed by atoms with E-state index in [1.54, 1.807) is 6.92 Å². The van der Waals surface area contributed by atoms with Gasteiger partial charge in [0.1, 0.15) is 5.70 Å². The van der Waals surface area contributed by atoms with Crippen LogP contribution in [0.25, 0.3) is 0 Å². The first-order chi connectivity index (χ1) is 12.9. The number of benzene rings is 1. The molecule has 27 heavy (non-hydrogen) atoms. The standard InChI is InChI=1S/C19H24N4O4/c1-13-11-15(20-16-12-18(26)23(9-10-24)19(16)27)3-4-17(13)22-7-5-21(6-8-22)14(2)25/h3-4,11-12,20,24H,5-10H2,1-2H3. The van der Waals surface area contributed by atoms with E-state index in [1.807, 2.05) is 30.0 Å². The minimum absolute atomic E-state index is 0.0104. The number of amides is 3. The predicted octanol–water partition coefficient (Wildman–Crippen LogP) is 0.320. The molecule has 3 rings (SSSR count). The third-order valence-electron chi connectivity index (χ3n) is 4.87. The van der Waals surface area contributed by atoms with Crippen molar-refractivity contribution >= 4 is 29.1 Å². The minimum Gasteiger partial charge on any atom is -0.395 e. The van der Waals surface area contributed by atoms with Crippen LogP contribution in [0, 0.1) is 6.92 Å².